The van der Waals surface area contributed by atoms with Crippen LogP contribution < -0.4 is 0 Å². The molecule has 1 aliphatic heterocycles. The topological polar surface area (TPSA) is 88.3 Å². The van der Waals surface area contributed by atoms with E-state index in [1.54, 1.807) is 11.0 Å². The minimum absolute atomic E-state index is 0.0226. The summed E-state index contributed by atoms with van der Waals surface area (Å²) in [5.74, 6) is -1.28. The fraction of sp³-hybridized carbons (Fsp3) is 0.444. The van der Waals surface area contributed by atoms with E-state index in [0.717, 1.165) is 16.3 Å². The van der Waals surface area contributed by atoms with Gasteiger partial charge in [0.05, 0.1) is 0 Å². The number of alkyl halides is 3. The Morgan fingerprint density at radius 2 is 1.93 bits per heavy atom. The molecule has 3 heterocycles. The molecule has 2 aromatic heterocycles. The number of piperidine rings is 1. The van der Waals surface area contributed by atoms with Crippen molar-refractivity contribution < 1.29 is 27.9 Å². The zero-order valence-electron chi connectivity index (χ0n) is 15.1. The SMILES string of the molecule is Cc1cc(C(F)(F)F)nn1CC(=O)N1CCC(c2ccnc(C(=O)O)c2)CC1. The first-order chi connectivity index (χ1) is 13.1. The summed E-state index contributed by atoms with van der Waals surface area (Å²) >= 11 is 0. The number of halogens is 3. The number of aromatic carboxylic acids is 1. The van der Waals surface area contributed by atoms with Crippen molar-refractivity contribution in [2.24, 2.45) is 0 Å². The highest BCUT2D eigenvalue weighted by atomic mass is 19.4. The molecular weight excluding hydrogens is 377 g/mol. The van der Waals surface area contributed by atoms with Crippen LogP contribution >= 0.6 is 0 Å². The number of likely N-dealkylation sites (tertiary alicyclic amines) is 1. The van der Waals surface area contributed by atoms with Gasteiger partial charge in [0, 0.05) is 25.0 Å². The van der Waals surface area contributed by atoms with E-state index >= 15 is 0 Å². The number of carbonyl (C=O) groups is 2. The molecule has 7 nitrogen and oxygen atoms in total. The number of hydrogen-bond acceptors (Lipinski definition) is 4. The van der Waals surface area contributed by atoms with Crippen molar-refractivity contribution >= 4 is 11.9 Å². The third-order valence-electron chi connectivity index (χ3n) is 4.88. The molecule has 0 saturated carbocycles. The summed E-state index contributed by atoms with van der Waals surface area (Å²) in [5.41, 5.74) is 0.0971. The molecule has 0 atom stereocenters. The zero-order chi connectivity index (χ0) is 20.5. The maximum Gasteiger partial charge on any atom is 0.435 e. The van der Waals surface area contributed by atoms with E-state index in [1.165, 1.54) is 19.2 Å². The first-order valence-electron chi connectivity index (χ1n) is 8.74. The predicted octanol–water partition coefficient (Wildman–Crippen LogP) is 2.71. The van der Waals surface area contributed by atoms with Crippen LogP contribution in [0.5, 0.6) is 0 Å². The van der Waals surface area contributed by atoms with Gasteiger partial charge in [-0.05, 0) is 49.4 Å². The Morgan fingerprint density at radius 3 is 2.50 bits per heavy atom. The van der Waals surface area contributed by atoms with Crippen molar-refractivity contribution in [2.45, 2.75) is 38.4 Å². The van der Waals surface area contributed by atoms with Crippen molar-refractivity contribution in [3.8, 4) is 0 Å². The lowest BCUT2D eigenvalue weighted by molar-refractivity contribution is -0.142. The molecule has 0 radical (unpaired) electrons. The maximum absolute atomic E-state index is 12.7. The summed E-state index contributed by atoms with van der Waals surface area (Å²) in [6, 6.07) is 4.22. The monoisotopic (exact) mass is 396 g/mol. The minimum Gasteiger partial charge on any atom is -0.477 e. The van der Waals surface area contributed by atoms with E-state index in [2.05, 4.69) is 10.1 Å². The molecule has 0 bridgehead atoms. The van der Waals surface area contributed by atoms with Crippen molar-refractivity contribution in [1.82, 2.24) is 19.7 Å². The van der Waals surface area contributed by atoms with Gasteiger partial charge in [0.1, 0.15) is 12.2 Å². The number of carboxylic acid groups (broad SMARTS) is 1. The van der Waals surface area contributed by atoms with E-state index in [4.69, 9.17) is 5.11 Å². The Balaban J connectivity index is 1.61. The van der Waals surface area contributed by atoms with E-state index < -0.39 is 17.8 Å². The van der Waals surface area contributed by atoms with Gasteiger partial charge in [-0.15, -0.1) is 0 Å². The second-order valence-electron chi connectivity index (χ2n) is 6.76. The van der Waals surface area contributed by atoms with Crippen LogP contribution in [0.1, 0.15) is 46.2 Å². The Labute approximate surface area is 158 Å². The summed E-state index contributed by atoms with van der Waals surface area (Å²) in [5, 5.41) is 12.5. The molecule has 0 unspecified atom stereocenters. The number of hydrogen-bond donors (Lipinski definition) is 1. The summed E-state index contributed by atoms with van der Waals surface area (Å²) in [6.07, 6.45) is -1.81. The second-order valence-corrected chi connectivity index (χ2v) is 6.76. The zero-order valence-corrected chi connectivity index (χ0v) is 15.1. The third kappa shape index (κ3) is 4.32. The first-order valence-corrected chi connectivity index (χ1v) is 8.74. The predicted molar refractivity (Wildman–Crippen MR) is 91.7 cm³/mol. The normalized spacial score (nSPS) is 15.6. The molecule has 150 valence electrons. The fourth-order valence-corrected chi connectivity index (χ4v) is 3.32. The van der Waals surface area contributed by atoms with Crippen molar-refractivity contribution in [2.75, 3.05) is 13.1 Å². The number of carboxylic acids is 1. The van der Waals surface area contributed by atoms with Crippen LogP contribution in [0.15, 0.2) is 24.4 Å². The molecule has 0 aliphatic carbocycles. The Bertz CT molecular complexity index is 886. The lowest BCUT2D eigenvalue weighted by atomic mass is 9.89. The molecule has 1 amide bonds. The molecule has 2 aromatic rings. The summed E-state index contributed by atoms with van der Waals surface area (Å²) < 4.78 is 39.3. The molecule has 1 fully saturated rings. The minimum atomic E-state index is -4.54. The van der Waals surface area contributed by atoms with E-state index in [1.807, 2.05) is 0 Å². The first kappa shape index (κ1) is 19.8. The van der Waals surface area contributed by atoms with Gasteiger partial charge in [-0.25, -0.2) is 9.78 Å². The Kier molecular flexibility index (Phi) is 5.39. The molecule has 0 spiro atoms. The van der Waals surface area contributed by atoms with Crippen LogP contribution in [0, 0.1) is 6.92 Å². The number of aromatic nitrogens is 3. The smallest absolute Gasteiger partial charge is 0.435 e. The van der Waals surface area contributed by atoms with Gasteiger partial charge in [0.25, 0.3) is 0 Å². The van der Waals surface area contributed by atoms with Crippen molar-refractivity contribution in [3.05, 3.63) is 47.0 Å². The van der Waals surface area contributed by atoms with Gasteiger partial charge in [-0.3, -0.25) is 9.48 Å². The number of carbonyl (C=O) groups excluding carboxylic acids is 1. The maximum atomic E-state index is 12.7. The molecule has 10 heteroatoms. The third-order valence-corrected chi connectivity index (χ3v) is 4.88. The van der Waals surface area contributed by atoms with Crippen molar-refractivity contribution in [1.29, 1.82) is 0 Å². The van der Waals surface area contributed by atoms with Crippen LogP contribution in [0.3, 0.4) is 0 Å². The largest absolute Gasteiger partial charge is 0.477 e. The molecule has 0 aromatic carbocycles. The highest BCUT2D eigenvalue weighted by Crippen LogP contribution is 2.30. The molecule has 3 rings (SSSR count). The van der Waals surface area contributed by atoms with E-state index in [9.17, 15) is 22.8 Å². The number of rotatable bonds is 4. The fourth-order valence-electron chi connectivity index (χ4n) is 3.32. The summed E-state index contributed by atoms with van der Waals surface area (Å²) in [4.78, 5) is 28.9. The molecule has 1 saturated heterocycles. The van der Waals surface area contributed by atoms with Crippen LogP contribution in [-0.2, 0) is 17.5 Å². The average molecular weight is 396 g/mol. The Morgan fingerprint density at radius 1 is 1.25 bits per heavy atom. The van der Waals surface area contributed by atoms with Gasteiger partial charge in [0.2, 0.25) is 5.91 Å². The van der Waals surface area contributed by atoms with E-state index in [0.29, 0.717) is 25.9 Å². The van der Waals surface area contributed by atoms with Crippen LogP contribution in [0.4, 0.5) is 13.2 Å². The van der Waals surface area contributed by atoms with Gasteiger partial charge < -0.3 is 10.0 Å². The van der Waals surface area contributed by atoms with Gasteiger partial charge in [-0.2, -0.15) is 18.3 Å². The highest BCUT2D eigenvalue weighted by molar-refractivity contribution is 5.85. The second kappa shape index (κ2) is 7.61. The van der Waals surface area contributed by atoms with E-state index in [-0.39, 0.29) is 29.8 Å². The Hall–Kier alpha value is -2.91. The number of pyridine rings is 1. The van der Waals surface area contributed by atoms with Crippen LogP contribution in [0.2, 0.25) is 0 Å². The summed E-state index contributed by atoms with van der Waals surface area (Å²) in [7, 11) is 0. The van der Waals surface area contributed by atoms with Crippen LogP contribution in [-0.4, -0.2) is 49.7 Å². The lowest BCUT2D eigenvalue weighted by Gasteiger charge is -2.32. The summed E-state index contributed by atoms with van der Waals surface area (Å²) in [6.45, 7) is 2.12. The van der Waals surface area contributed by atoms with Crippen molar-refractivity contribution in [3.63, 3.8) is 0 Å². The number of aryl methyl sites for hydroxylation is 1. The number of nitrogens with zero attached hydrogens (tertiary/aromatic N) is 4. The molecular formula is C18H19F3N4O3. The van der Waals surface area contributed by atoms with Crippen LogP contribution in [0.25, 0.3) is 0 Å². The molecule has 1 aliphatic rings. The highest BCUT2D eigenvalue weighted by Gasteiger charge is 2.35. The standard InChI is InChI=1S/C18H19F3N4O3/c1-11-8-15(18(19,20)21)23-25(11)10-16(26)24-6-3-12(4-7-24)13-2-5-22-14(9-13)17(27)28/h2,5,8-9,12H,3-4,6-7,10H2,1H3,(H,27,28). The molecule has 1 N–H and O–H groups in total. The lowest BCUT2D eigenvalue weighted by Crippen LogP contribution is -2.40. The van der Waals surface area contributed by atoms with Gasteiger partial charge >= 0.3 is 12.1 Å². The van der Waals surface area contributed by atoms with Gasteiger partial charge in [-0.1, -0.05) is 0 Å². The number of amides is 1. The van der Waals surface area contributed by atoms with Gasteiger partial charge in [0.15, 0.2) is 5.69 Å². The molecule has 28 heavy (non-hydrogen) atoms. The average Bonchev–Trinajstić information content (AvgIpc) is 3.03. The quantitative estimate of drug-likeness (QED) is 0.859.